The van der Waals surface area contributed by atoms with Gasteiger partial charge < -0.3 is 4.57 Å². The van der Waals surface area contributed by atoms with Crippen molar-refractivity contribution in [2.24, 2.45) is 4.99 Å². The van der Waals surface area contributed by atoms with E-state index in [1.807, 2.05) is 71.4 Å². The third-order valence-electron chi connectivity index (χ3n) is 5.93. The first kappa shape index (κ1) is 19.6. The summed E-state index contributed by atoms with van der Waals surface area (Å²) in [4.78, 5) is 4.20. The molecule has 0 bridgehead atoms. The van der Waals surface area contributed by atoms with E-state index >= 15 is 0 Å². The van der Waals surface area contributed by atoms with Crippen molar-refractivity contribution >= 4 is 23.7 Å². The average Bonchev–Trinajstić information content (AvgIpc) is 3.29. The lowest BCUT2D eigenvalue weighted by molar-refractivity contribution is 0.653. The fourth-order valence-electron chi connectivity index (χ4n) is 4.59. The van der Waals surface area contributed by atoms with Crippen molar-refractivity contribution in [2.45, 2.75) is 19.3 Å². The molecule has 3 aromatic rings. The zero-order chi connectivity index (χ0) is 21.5. The van der Waals surface area contributed by atoms with E-state index < -0.39 is 0 Å². The highest BCUT2D eigenvalue weighted by atomic mass is 15.0. The van der Waals surface area contributed by atoms with Gasteiger partial charge >= 0.3 is 0 Å². The van der Waals surface area contributed by atoms with Crippen LogP contribution in [0.3, 0.4) is 0 Å². The number of para-hydroxylation sites is 1. The summed E-state index contributed by atoms with van der Waals surface area (Å²) in [5.74, 6) is 0. The van der Waals surface area contributed by atoms with Crippen LogP contribution in [-0.2, 0) is 5.41 Å². The Balaban J connectivity index is 1.95. The molecule has 0 saturated heterocycles. The molecule has 1 aliphatic rings. The molecule has 1 aromatic heterocycles. The molecule has 1 heterocycles. The summed E-state index contributed by atoms with van der Waals surface area (Å²) < 4.78 is 2.00. The number of nitrogens with zero attached hydrogens (tertiary/aromatic N) is 2. The average molecular weight is 392 g/mol. The Labute approximate surface area is 177 Å². The van der Waals surface area contributed by atoms with Crippen molar-refractivity contribution in [3.05, 3.63) is 114 Å². The number of hydrogen-bond donors (Lipinski definition) is 1. The lowest BCUT2D eigenvalue weighted by Gasteiger charge is -2.26. The molecule has 30 heavy (non-hydrogen) atoms. The van der Waals surface area contributed by atoms with Crippen LogP contribution in [0.1, 0.15) is 36.2 Å². The molecule has 3 heteroatoms. The third-order valence-corrected chi connectivity index (χ3v) is 5.93. The molecular weight excluding hydrogens is 366 g/mol. The normalized spacial score (nSPS) is 14.3. The van der Waals surface area contributed by atoms with Gasteiger partial charge in [0.1, 0.15) is 0 Å². The van der Waals surface area contributed by atoms with E-state index in [1.165, 1.54) is 0 Å². The maximum Gasteiger partial charge on any atom is 0.0973 e. The molecule has 3 nitrogen and oxygen atoms in total. The van der Waals surface area contributed by atoms with Crippen LogP contribution < -0.4 is 0 Å². The van der Waals surface area contributed by atoms with Crippen LogP contribution in [-0.4, -0.2) is 17.0 Å². The fourth-order valence-corrected chi connectivity index (χ4v) is 4.59. The highest BCUT2D eigenvalue weighted by Crippen LogP contribution is 2.49. The number of aliphatic imine (C=N–C) groups is 1. The van der Waals surface area contributed by atoms with E-state index in [9.17, 15) is 5.41 Å². The SMILES string of the molecule is C=CC1=C(C=C)C(C)(C)c2c(C(=N)c3c(N=C)ccn3-c3ccccc3)cccc21. The quantitative estimate of drug-likeness (QED) is 0.458. The topological polar surface area (TPSA) is 41.1 Å². The number of rotatable bonds is 6. The number of benzene rings is 2. The summed E-state index contributed by atoms with van der Waals surface area (Å²) in [6.07, 6.45) is 5.75. The molecule has 0 unspecified atom stereocenters. The van der Waals surface area contributed by atoms with Crippen molar-refractivity contribution in [2.75, 3.05) is 0 Å². The minimum absolute atomic E-state index is 0.282. The van der Waals surface area contributed by atoms with Gasteiger partial charge in [0.05, 0.1) is 17.1 Å². The van der Waals surface area contributed by atoms with Crippen LogP contribution >= 0.6 is 0 Å². The number of fused-ring (bicyclic) bond motifs is 1. The van der Waals surface area contributed by atoms with Crippen LogP contribution in [0.15, 0.2) is 96.7 Å². The minimum Gasteiger partial charge on any atom is -0.313 e. The summed E-state index contributed by atoms with van der Waals surface area (Å²) in [6.45, 7) is 16.2. The van der Waals surface area contributed by atoms with Gasteiger partial charge in [-0.25, -0.2) is 0 Å². The fraction of sp³-hybridized carbons (Fsp3) is 0.111. The third kappa shape index (κ3) is 2.74. The first-order valence-corrected chi connectivity index (χ1v) is 9.92. The van der Waals surface area contributed by atoms with Crippen LogP contribution in [0.2, 0.25) is 0 Å². The van der Waals surface area contributed by atoms with E-state index in [4.69, 9.17) is 0 Å². The van der Waals surface area contributed by atoms with E-state index in [0.717, 1.165) is 39.2 Å². The lowest BCUT2D eigenvalue weighted by Crippen LogP contribution is -2.21. The van der Waals surface area contributed by atoms with Gasteiger partial charge in [0.15, 0.2) is 0 Å². The Bertz CT molecular complexity index is 1220. The molecule has 0 fully saturated rings. The molecule has 0 spiro atoms. The Hall–Kier alpha value is -3.72. The Morgan fingerprint density at radius 2 is 1.73 bits per heavy atom. The Kier molecular flexibility index (Phi) is 4.75. The van der Waals surface area contributed by atoms with Crippen molar-refractivity contribution in [3.63, 3.8) is 0 Å². The van der Waals surface area contributed by atoms with Gasteiger partial charge in [-0.3, -0.25) is 10.4 Å². The molecular formula is C27H25N3. The maximum absolute atomic E-state index is 9.23. The summed E-state index contributed by atoms with van der Waals surface area (Å²) in [6, 6.07) is 18.0. The van der Waals surface area contributed by atoms with Gasteiger partial charge in [0.25, 0.3) is 0 Å². The monoisotopic (exact) mass is 391 g/mol. The van der Waals surface area contributed by atoms with Gasteiger partial charge in [-0.2, -0.15) is 0 Å². The van der Waals surface area contributed by atoms with Crippen LogP contribution in [0, 0.1) is 5.41 Å². The van der Waals surface area contributed by atoms with Crippen molar-refractivity contribution in [1.82, 2.24) is 4.57 Å². The second kappa shape index (κ2) is 7.27. The molecule has 0 aliphatic heterocycles. The molecule has 0 amide bonds. The van der Waals surface area contributed by atoms with Crippen molar-refractivity contribution < 1.29 is 0 Å². The summed E-state index contributed by atoms with van der Waals surface area (Å²) in [5, 5.41) is 9.23. The largest absolute Gasteiger partial charge is 0.313 e. The predicted octanol–water partition coefficient (Wildman–Crippen LogP) is 6.64. The summed E-state index contributed by atoms with van der Waals surface area (Å²) >= 11 is 0. The second-order valence-electron chi connectivity index (χ2n) is 7.88. The van der Waals surface area contributed by atoms with E-state index in [1.54, 1.807) is 0 Å². The standard InChI is InChI=1S/C27H25N3/c1-6-19-20-14-11-15-21(24(20)27(3,4)22(19)7-2)25(28)26-23(29-5)16-17-30(26)18-12-9-8-10-13-18/h6-17,28H,1-2,5H2,3-4H3. The van der Waals surface area contributed by atoms with Crippen molar-refractivity contribution in [3.8, 4) is 5.69 Å². The minimum atomic E-state index is -0.282. The lowest BCUT2D eigenvalue weighted by atomic mass is 9.77. The first-order chi connectivity index (χ1) is 14.5. The number of aromatic nitrogens is 1. The number of hydrogen-bond acceptors (Lipinski definition) is 2. The first-order valence-electron chi connectivity index (χ1n) is 9.92. The molecule has 0 saturated carbocycles. The van der Waals surface area contributed by atoms with Gasteiger partial charge in [-0.05, 0) is 47.2 Å². The van der Waals surface area contributed by atoms with Crippen LogP contribution in [0.4, 0.5) is 5.69 Å². The Morgan fingerprint density at radius 1 is 1.00 bits per heavy atom. The molecule has 0 radical (unpaired) electrons. The molecule has 0 atom stereocenters. The summed E-state index contributed by atoms with van der Waals surface area (Å²) in [5.41, 5.74) is 7.87. The Morgan fingerprint density at radius 3 is 2.37 bits per heavy atom. The van der Waals surface area contributed by atoms with Gasteiger partial charge in [-0.15, -0.1) is 0 Å². The molecule has 4 rings (SSSR count). The zero-order valence-electron chi connectivity index (χ0n) is 17.4. The van der Waals surface area contributed by atoms with Gasteiger partial charge in [0.2, 0.25) is 0 Å². The molecule has 2 aromatic carbocycles. The molecule has 1 N–H and O–H groups in total. The highest BCUT2D eigenvalue weighted by Gasteiger charge is 2.38. The van der Waals surface area contributed by atoms with Crippen molar-refractivity contribution in [1.29, 1.82) is 5.41 Å². The molecule has 1 aliphatic carbocycles. The second-order valence-corrected chi connectivity index (χ2v) is 7.88. The van der Waals surface area contributed by atoms with Crippen LogP contribution in [0.5, 0.6) is 0 Å². The van der Waals surface area contributed by atoms with Gasteiger partial charge in [0, 0.05) is 22.9 Å². The van der Waals surface area contributed by atoms with Crippen LogP contribution in [0.25, 0.3) is 11.3 Å². The van der Waals surface area contributed by atoms with E-state index in [-0.39, 0.29) is 5.41 Å². The van der Waals surface area contributed by atoms with E-state index in [2.05, 4.69) is 44.8 Å². The number of nitrogens with one attached hydrogen (secondary N) is 1. The maximum atomic E-state index is 9.23. The van der Waals surface area contributed by atoms with E-state index in [0.29, 0.717) is 11.4 Å². The summed E-state index contributed by atoms with van der Waals surface area (Å²) in [7, 11) is 0. The predicted molar refractivity (Wildman–Crippen MR) is 128 cm³/mol. The smallest absolute Gasteiger partial charge is 0.0973 e. The number of allylic oxidation sites excluding steroid dienone is 4. The molecule has 148 valence electrons. The zero-order valence-corrected chi connectivity index (χ0v) is 17.4. The highest BCUT2D eigenvalue weighted by molar-refractivity contribution is 6.15. The van der Waals surface area contributed by atoms with Gasteiger partial charge in [-0.1, -0.05) is 75.6 Å².